The Morgan fingerprint density at radius 1 is 1.18 bits per heavy atom. The second-order valence-corrected chi connectivity index (χ2v) is 5.72. The molecule has 0 amide bonds. The van der Waals surface area contributed by atoms with Crippen molar-refractivity contribution < 1.29 is 19.4 Å². The number of rotatable bonds is 8. The number of unbranched alkanes of at least 4 members (excludes halogenated alkanes) is 1. The summed E-state index contributed by atoms with van der Waals surface area (Å²) in [5, 5.41) is 13.7. The Kier molecular flexibility index (Phi) is 8.20. The van der Waals surface area contributed by atoms with Crippen molar-refractivity contribution in [2.75, 3.05) is 13.2 Å². The molecular formula is C15H21Cl2NO4. The Hall–Kier alpha value is -1.33. The van der Waals surface area contributed by atoms with Gasteiger partial charge in [0.15, 0.2) is 5.75 Å². The van der Waals surface area contributed by atoms with Crippen LogP contribution in [0, 0.1) is 0 Å². The molecule has 0 aliphatic heterocycles. The van der Waals surface area contributed by atoms with Crippen LogP contribution in [0.2, 0.25) is 10.0 Å². The van der Waals surface area contributed by atoms with Gasteiger partial charge in [0.25, 0.3) is 0 Å². The maximum absolute atomic E-state index is 9.33. The highest BCUT2D eigenvalue weighted by atomic mass is 35.5. The Morgan fingerprint density at radius 2 is 1.77 bits per heavy atom. The van der Waals surface area contributed by atoms with Crippen LogP contribution in [0.1, 0.15) is 33.6 Å². The van der Waals surface area contributed by atoms with E-state index in [1.54, 1.807) is 6.92 Å². The van der Waals surface area contributed by atoms with E-state index in [0.29, 0.717) is 24.9 Å². The van der Waals surface area contributed by atoms with E-state index >= 15 is 0 Å². The lowest BCUT2D eigenvalue weighted by atomic mass is 10.3. The normalized spacial score (nSPS) is 11.6. The smallest absolute Gasteiger partial charge is 0.222 e. The summed E-state index contributed by atoms with van der Waals surface area (Å²) in [4.78, 5) is 5.06. The molecule has 0 radical (unpaired) electrons. The summed E-state index contributed by atoms with van der Waals surface area (Å²) >= 11 is 11.9. The molecule has 0 saturated heterocycles. The third-order valence-corrected chi connectivity index (χ3v) is 3.03. The molecule has 1 N–H and O–H groups in total. The number of oxime groups is 1. The Balaban J connectivity index is 2.23. The molecule has 7 heteroatoms. The zero-order valence-corrected chi connectivity index (χ0v) is 14.4. The Bertz CT molecular complexity index is 483. The lowest BCUT2D eigenvalue weighted by molar-refractivity contribution is 0.0772. The molecule has 0 heterocycles. The third-order valence-electron chi connectivity index (χ3n) is 2.47. The highest BCUT2D eigenvalue weighted by molar-refractivity contribution is 6.37. The van der Waals surface area contributed by atoms with Gasteiger partial charge in [0.1, 0.15) is 11.9 Å². The topological polar surface area (TPSA) is 60.3 Å². The van der Waals surface area contributed by atoms with Gasteiger partial charge in [-0.2, -0.15) is 0 Å². The van der Waals surface area contributed by atoms with Crippen molar-refractivity contribution in [3.63, 3.8) is 0 Å². The van der Waals surface area contributed by atoms with E-state index in [1.165, 1.54) is 12.1 Å². The molecule has 0 aliphatic rings. The van der Waals surface area contributed by atoms with E-state index in [9.17, 15) is 5.11 Å². The molecule has 0 bridgehead atoms. The summed E-state index contributed by atoms with van der Waals surface area (Å²) in [5.74, 6) is 0.887. The summed E-state index contributed by atoms with van der Waals surface area (Å²) in [6.45, 7) is 6.51. The molecule has 0 saturated carbocycles. The van der Waals surface area contributed by atoms with E-state index < -0.39 is 0 Å². The predicted octanol–water partition coefficient (Wildman–Crippen LogP) is 4.63. The number of ether oxygens (including phenoxy) is 2. The van der Waals surface area contributed by atoms with Gasteiger partial charge in [-0.15, -0.1) is 0 Å². The van der Waals surface area contributed by atoms with E-state index in [4.69, 9.17) is 37.5 Å². The molecule has 0 aromatic heterocycles. The van der Waals surface area contributed by atoms with Gasteiger partial charge in [-0.1, -0.05) is 28.4 Å². The van der Waals surface area contributed by atoms with E-state index in [2.05, 4.69) is 5.16 Å². The zero-order chi connectivity index (χ0) is 16.5. The lowest BCUT2D eigenvalue weighted by Crippen LogP contribution is -2.06. The van der Waals surface area contributed by atoms with Crippen LogP contribution in [-0.2, 0) is 9.57 Å². The number of halogens is 2. The SMILES string of the molecule is CC(=NOC(C)C)OCCCCOc1c(Cl)cc(O)cc1Cl. The van der Waals surface area contributed by atoms with Crippen LogP contribution in [0.25, 0.3) is 0 Å². The first-order chi connectivity index (χ1) is 10.4. The van der Waals surface area contributed by atoms with E-state index in [1.807, 2.05) is 13.8 Å². The third kappa shape index (κ3) is 7.09. The number of hydrogen-bond acceptors (Lipinski definition) is 5. The van der Waals surface area contributed by atoms with Crippen molar-refractivity contribution in [3.8, 4) is 11.5 Å². The van der Waals surface area contributed by atoms with Crippen LogP contribution >= 0.6 is 23.2 Å². The average molecular weight is 350 g/mol. The van der Waals surface area contributed by atoms with Crippen LogP contribution in [0.3, 0.4) is 0 Å². The number of nitrogens with zero attached hydrogens (tertiary/aromatic N) is 1. The van der Waals surface area contributed by atoms with Gasteiger partial charge in [-0.3, -0.25) is 0 Å². The fourth-order valence-corrected chi connectivity index (χ4v) is 2.07. The standard InChI is InChI=1S/C15H21Cl2NO4/c1-10(2)22-18-11(3)20-6-4-5-7-21-15-13(16)8-12(19)9-14(15)17/h8-10,19H,4-7H2,1-3H3. The van der Waals surface area contributed by atoms with Gasteiger partial charge in [-0.05, 0) is 26.7 Å². The quantitative estimate of drug-likeness (QED) is 0.321. The molecular weight excluding hydrogens is 329 g/mol. The molecule has 22 heavy (non-hydrogen) atoms. The Morgan fingerprint density at radius 3 is 2.36 bits per heavy atom. The van der Waals surface area contributed by atoms with Gasteiger partial charge in [0, 0.05) is 19.1 Å². The Labute approximate surface area is 140 Å². The highest BCUT2D eigenvalue weighted by Crippen LogP contribution is 2.36. The molecule has 5 nitrogen and oxygen atoms in total. The van der Waals surface area contributed by atoms with Gasteiger partial charge < -0.3 is 19.4 Å². The first-order valence-corrected chi connectivity index (χ1v) is 7.79. The maximum atomic E-state index is 9.33. The average Bonchev–Trinajstić information content (AvgIpc) is 2.42. The fourth-order valence-electron chi connectivity index (χ4n) is 1.49. The summed E-state index contributed by atoms with van der Waals surface area (Å²) < 4.78 is 10.9. The van der Waals surface area contributed by atoms with Crippen LogP contribution in [-0.4, -0.2) is 30.3 Å². The fraction of sp³-hybridized carbons (Fsp3) is 0.533. The van der Waals surface area contributed by atoms with Crippen molar-refractivity contribution in [2.45, 2.75) is 39.7 Å². The number of phenols is 1. The van der Waals surface area contributed by atoms with Crippen LogP contribution in [0.5, 0.6) is 11.5 Å². The van der Waals surface area contributed by atoms with Crippen molar-refractivity contribution >= 4 is 29.1 Å². The summed E-state index contributed by atoms with van der Waals surface area (Å²) in [6, 6.07) is 2.78. The van der Waals surface area contributed by atoms with Crippen LogP contribution < -0.4 is 4.74 Å². The minimum atomic E-state index is 0.00845. The summed E-state index contributed by atoms with van der Waals surface area (Å²) in [6.07, 6.45) is 1.60. The molecule has 0 aliphatic carbocycles. The number of phenolic OH excluding ortho intramolecular Hbond substituents is 1. The van der Waals surface area contributed by atoms with Crippen LogP contribution in [0.4, 0.5) is 0 Å². The number of aromatic hydroxyl groups is 1. The van der Waals surface area contributed by atoms with Crippen molar-refractivity contribution in [1.82, 2.24) is 0 Å². The first kappa shape index (κ1) is 18.7. The predicted molar refractivity (Wildman–Crippen MR) is 88.1 cm³/mol. The maximum Gasteiger partial charge on any atom is 0.222 e. The molecule has 1 aromatic carbocycles. The van der Waals surface area contributed by atoms with E-state index in [-0.39, 0.29) is 21.9 Å². The van der Waals surface area contributed by atoms with Gasteiger partial charge >= 0.3 is 0 Å². The van der Waals surface area contributed by atoms with Gasteiger partial charge in [-0.25, -0.2) is 0 Å². The molecule has 0 unspecified atom stereocenters. The molecule has 0 fully saturated rings. The number of hydrogen-bond donors (Lipinski definition) is 1. The molecule has 1 rings (SSSR count). The minimum absolute atomic E-state index is 0.00845. The molecule has 0 atom stereocenters. The van der Waals surface area contributed by atoms with Gasteiger partial charge in [0.2, 0.25) is 5.90 Å². The minimum Gasteiger partial charge on any atom is -0.508 e. The molecule has 0 spiro atoms. The molecule has 124 valence electrons. The second-order valence-electron chi connectivity index (χ2n) is 4.91. The van der Waals surface area contributed by atoms with E-state index in [0.717, 1.165) is 12.8 Å². The largest absolute Gasteiger partial charge is 0.508 e. The second kappa shape index (κ2) is 9.64. The number of benzene rings is 1. The van der Waals surface area contributed by atoms with Crippen molar-refractivity contribution in [1.29, 1.82) is 0 Å². The molecule has 1 aromatic rings. The zero-order valence-electron chi connectivity index (χ0n) is 12.9. The monoisotopic (exact) mass is 349 g/mol. The van der Waals surface area contributed by atoms with Crippen molar-refractivity contribution in [3.05, 3.63) is 22.2 Å². The van der Waals surface area contributed by atoms with Crippen molar-refractivity contribution in [2.24, 2.45) is 5.16 Å². The lowest BCUT2D eigenvalue weighted by Gasteiger charge is -2.10. The van der Waals surface area contributed by atoms with Gasteiger partial charge in [0.05, 0.1) is 23.3 Å². The van der Waals surface area contributed by atoms with Crippen LogP contribution in [0.15, 0.2) is 17.3 Å². The summed E-state index contributed by atoms with van der Waals surface area (Å²) in [5.41, 5.74) is 0. The first-order valence-electron chi connectivity index (χ1n) is 7.04. The highest BCUT2D eigenvalue weighted by Gasteiger charge is 2.09. The summed E-state index contributed by atoms with van der Waals surface area (Å²) in [7, 11) is 0.